The molecule has 16 heavy (non-hydrogen) atoms. The number of nitrogens with zero attached hydrogens (tertiary/aromatic N) is 1. The summed E-state index contributed by atoms with van der Waals surface area (Å²) in [7, 11) is 0. The lowest BCUT2D eigenvalue weighted by molar-refractivity contribution is 0.128. The van der Waals surface area contributed by atoms with Gasteiger partial charge >= 0.3 is 6.09 Å². The molecule has 2 rings (SSSR count). The molecule has 0 unspecified atom stereocenters. The number of rotatable bonds is 0. The predicted molar refractivity (Wildman–Crippen MR) is 57.9 cm³/mol. The molecule has 1 heterocycles. The first kappa shape index (κ1) is 10.7. The van der Waals surface area contributed by atoms with Gasteiger partial charge in [-0.05, 0) is 30.7 Å². The van der Waals surface area contributed by atoms with E-state index in [1.54, 1.807) is 6.07 Å². The summed E-state index contributed by atoms with van der Waals surface area (Å²) in [5.74, 6) is -0.347. The molecule has 1 aromatic carbocycles. The molecule has 0 spiro atoms. The van der Waals surface area contributed by atoms with Crippen molar-refractivity contribution < 1.29 is 14.3 Å². The third-order valence-electron chi connectivity index (χ3n) is 2.77. The molecule has 0 aromatic heterocycles. The van der Waals surface area contributed by atoms with E-state index in [2.05, 4.69) is 5.32 Å². The molecule has 0 saturated carbocycles. The number of halogens is 1. The van der Waals surface area contributed by atoms with E-state index in [-0.39, 0.29) is 18.4 Å². The first-order valence-corrected chi connectivity index (χ1v) is 5.10. The fourth-order valence-electron chi connectivity index (χ4n) is 1.83. The molecule has 1 aliphatic rings. The largest absolute Gasteiger partial charge is 0.465 e. The van der Waals surface area contributed by atoms with Crippen molar-refractivity contribution in [1.29, 1.82) is 0 Å². The fourth-order valence-corrected chi connectivity index (χ4v) is 1.83. The van der Waals surface area contributed by atoms with Crippen LogP contribution in [0.2, 0.25) is 0 Å². The van der Waals surface area contributed by atoms with E-state index in [1.807, 2.05) is 6.92 Å². The number of fused-ring (bicyclic) bond motifs is 1. The number of hydrogen-bond donors (Lipinski definition) is 2. The summed E-state index contributed by atoms with van der Waals surface area (Å²) in [6.07, 6.45) is -0.980. The zero-order chi connectivity index (χ0) is 11.7. The van der Waals surface area contributed by atoms with Gasteiger partial charge in [-0.1, -0.05) is 0 Å². The molecule has 0 bridgehead atoms. The number of anilines is 1. The monoisotopic (exact) mass is 224 g/mol. The summed E-state index contributed by atoms with van der Waals surface area (Å²) in [6, 6.07) is 4.25. The van der Waals surface area contributed by atoms with Crippen molar-refractivity contribution in [2.75, 3.05) is 11.9 Å². The van der Waals surface area contributed by atoms with E-state index in [9.17, 15) is 9.18 Å². The van der Waals surface area contributed by atoms with Crippen LogP contribution in [0.4, 0.5) is 14.9 Å². The van der Waals surface area contributed by atoms with Crippen molar-refractivity contribution in [3.63, 3.8) is 0 Å². The van der Waals surface area contributed by atoms with E-state index >= 15 is 0 Å². The Bertz CT molecular complexity index is 422. The molecule has 1 atom stereocenters. The second-order valence-corrected chi connectivity index (χ2v) is 3.94. The highest BCUT2D eigenvalue weighted by molar-refractivity contribution is 5.67. The van der Waals surface area contributed by atoms with Crippen LogP contribution in [0.1, 0.15) is 12.5 Å². The lowest BCUT2D eigenvalue weighted by atomic mass is 10.1. The Morgan fingerprint density at radius 1 is 1.62 bits per heavy atom. The Morgan fingerprint density at radius 3 is 3.06 bits per heavy atom. The van der Waals surface area contributed by atoms with Crippen LogP contribution < -0.4 is 5.32 Å². The first-order valence-electron chi connectivity index (χ1n) is 5.10. The number of carboxylic acid groups (broad SMARTS) is 1. The third kappa shape index (κ3) is 1.93. The molecule has 4 nitrogen and oxygen atoms in total. The van der Waals surface area contributed by atoms with Crippen molar-refractivity contribution in [3.8, 4) is 0 Å². The van der Waals surface area contributed by atoms with Gasteiger partial charge < -0.3 is 10.4 Å². The van der Waals surface area contributed by atoms with Crippen LogP contribution in [-0.4, -0.2) is 28.7 Å². The Kier molecular flexibility index (Phi) is 2.68. The fraction of sp³-hybridized carbons (Fsp3) is 0.364. The second kappa shape index (κ2) is 4.00. The Balaban J connectivity index is 2.35. The zero-order valence-corrected chi connectivity index (χ0v) is 8.90. The molecule has 2 N–H and O–H groups in total. The zero-order valence-electron chi connectivity index (χ0n) is 8.90. The maximum atomic E-state index is 13.1. The quantitative estimate of drug-likeness (QED) is 0.709. The van der Waals surface area contributed by atoms with Gasteiger partial charge in [0, 0.05) is 18.3 Å². The van der Waals surface area contributed by atoms with Crippen molar-refractivity contribution in [2.24, 2.45) is 0 Å². The number of amides is 1. The van der Waals surface area contributed by atoms with Gasteiger partial charge in [-0.25, -0.2) is 9.18 Å². The Hall–Kier alpha value is -1.78. The van der Waals surface area contributed by atoms with Crippen LogP contribution in [0, 0.1) is 5.82 Å². The minimum absolute atomic E-state index is 0.132. The van der Waals surface area contributed by atoms with Gasteiger partial charge in [-0.2, -0.15) is 0 Å². The molecule has 0 fully saturated rings. The van der Waals surface area contributed by atoms with Crippen LogP contribution in [0.5, 0.6) is 0 Å². The van der Waals surface area contributed by atoms with Gasteiger partial charge in [-0.15, -0.1) is 0 Å². The van der Waals surface area contributed by atoms with Crippen molar-refractivity contribution in [1.82, 2.24) is 4.90 Å². The summed E-state index contributed by atoms with van der Waals surface area (Å²) in [4.78, 5) is 12.3. The van der Waals surface area contributed by atoms with E-state index in [4.69, 9.17) is 5.11 Å². The van der Waals surface area contributed by atoms with Crippen molar-refractivity contribution in [2.45, 2.75) is 19.5 Å². The maximum Gasteiger partial charge on any atom is 0.407 e. The topological polar surface area (TPSA) is 52.6 Å². The number of benzene rings is 1. The molecule has 1 aromatic rings. The number of hydrogen-bond acceptors (Lipinski definition) is 2. The average Bonchev–Trinajstić information content (AvgIpc) is 2.38. The Labute approximate surface area is 92.7 Å². The van der Waals surface area contributed by atoms with E-state index in [1.165, 1.54) is 17.0 Å². The van der Waals surface area contributed by atoms with Crippen LogP contribution in [0.3, 0.4) is 0 Å². The Morgan fingerprint density at radius 2 is 2.38 bits per heavy atom. The lowest BCUT2D eigenvalue weighted by Crippen LogP contribution is -2.39. The minimum Gasteiger partial charge on any atom is -0.465 e. The lowest BCUT2D eigenvalue weighted by Gasteiger charge is -2.23. The second-order valence-electron chi connectivity index (χ2n) is 3.94. The van der Waals surface area contributed by atoms with Gasteiger partial charge in [0.15, 0.2) is 0 Å². The van der Waals surface area contributed by atoms with Gasteiger partial charge in [0.1, 0.15) is 5.82 Å². The van der Waals surface area contributed by atoms with Gasteiger partial charge in [0.2, 0.25) is 0 Å². The van der Waals surface area contributed by atoms with Crippen LogP contribution in [0.15, 0.2) is 18.2 Å². The van der Waals surface area contributed by atoms with Gasteiger partial charge in [0.25, 0.3) is 0 Å². The average molecular weight is 224 g/mol. The molecule has 0 saturated heterocycles. The SMILES string of the molecule is C[C@@H]1CNc2ccc(F)cc2CN1C(=O)O. The van der Waals surface area contributed by atoms with Crippen molar-refractivity contribution in [3.05, 3.63) is 29.6 Å². The normalized spacial score (nSPS) is 19.6. The molecular formula is C11H13FN2O2. The molecule has 0 aliphatic carbocycles. The summed E-state index contributed by atoms with van der Waals surface area (Å²) >= 11 is 0. The highest BCUT2D eigenvalue weighted by Gasteiger charge is 2.24. The van der Waals surface area contributed by atoms with Crippen LogP contribution >= 0.6 is 0 Å². The van der Waals surface area contributed by atoms with E-state index in [0.29, 0.717) is 12.1 Å². The molecule has 86 valence electrons. The van der Waals surface area contributed by atoms with Crippen molar-refractivity contribution >= 4 is 11.8 Å². The van der Waals surface area contributed by atoms with Gasteiger partial charge in [0.05, 0.1) is 6.54 Å². The van der Waals surface area contributed by atoms with Crippen LogP contribution in [-0.2, 0) is 6.54 Å². The minimum atomic E-state index is -0.980. The number of nitrogens with one attached hydrogen (secondary N) is 1. The predicted octanol–water partition coefficient (Wildman–Crippen LogP) is 2.12. The molecule has 5 heteroatoms. The van der Waals surface area contributed by atoms with Crippen LogP contribution in [0.25, 0.3) is 0 Å². The number of carbonyl (C=O) groups is 1. The molecular weight excluding hydrogens is 211 g/mol. The highest BCUT2D eigenvalue weighted by Crippen LogP contribution is 2.23. The summed E-state index contributed by atoms with van der Waals surface area (Å²) in [6.45, 7) is 2.57. The maximum absolute atomic E-state index is 13.1. The summed E-state index contributed by atoms with van der Waals surface area (Å²) < 4.78 is 13.1. The third-order valence-corrected chi connectivity index (χ3v) is 2.77. The molecule has 1 aliphatic heterocycles. The molecule has 0 radical (unpaired) electrons. The first-order chi connectivity index (χ1) is 7.58. The van der Waals surface area contributed by atoms with E-state index in [0.717, 1.165) is 5.69 Å². The highest BCUT2D eigenvalue weighted by atomic mass is 19.1. The molecule has 1 amide bonds. The smallest absolute Gasteiger partial charge is 0.407 e. The van der Waals surface area contributed by atoms with Gasteiger partial charge in [-0.3, -0.25) is 4.90 Å². The summed E-state index contributed by atoms with van der Waals surface area (Å²) in [5, 5.41) is 12.1. The van der Waals surface area contributed by atoms with E-state index < -0.39 is 6.09 Å². The summed E-state index contributed by atoms with van der Waals surface area (Å²) in [5.41, 5.74) is 1.48. The standard InChI is InChI=1S/C11H13FN2O2/c1-7-5-13-10-3-2-9(12)4-8(10)6-14(7)11(15)16/h2-4,7,13H,5-6H2,1H3,(H,15,16)/t7-/m1/s1.